The topological polar surface area (TPSA) is 153 Å². The normalized spacial score (nSPS) is 13.3. The second-order valence-corrected chi connectivity index (χ2v) is 11.0. The van der Waals surface area contributed by atoms with Crippen LogP contribution in [0.3, 0.4) is 0 Å². The number of nitrogens with one attached hydrogen (secondary N) is 1. The molecule has 1 atom stereocenters. The predicted molar refractivity (Wildman–Crippen MR) is 155 cm³/mol. The van der Waals surface area contributed by atoms with E-state index in [-0.39, 0.29) is 16.3 Å². The lowest BCUT2D eigenvalue weighted by Gasteiger charge is -2.35. The van der Waals surface area contributed by atoms with Gasteiger partial charge in [-0.1, -0.05) is 19.1 Å². The highest BCUT2D eigenvalue weighted by molar-refractivity contribution is 7.09. The number of carbonyl (C=O) groups excluding carboxylic acids is 3. The van der Waals surface area contributed by atoms with Gasteiger partial charge in [0.05, 0.1) is 5.69 Å². The van der Waals surface area contributed by atoms with Crippen LogP contribution >= 0.6 is 11.5 Å². The fourth-order valence-corrected chi connectivity index (χ4v) is 4.91. The first-order valence-corrected chi connectivity index (χ1v) is 13.6. The third-order valence-corrected chi connectivity index (χ3v) is 7.61. The molecule has 0 spiro atoms. The van der Waals surface area contributed by atoms with E-state index in [1.165, 1.54) is 4.90 Å². The van der Waals surface area contributed by atoms with Crippen LogP contribution in [0.15, 0.2) is 42.5 Å². The molecular formula is C28H34N6O5S. The van der Waals surface area contributed by atoms with E-state index in [1.807, 2.05) is 64.0 Å². The Kier molecular flexibility index (Phi) is 8.19. The van der Waals surface area contributed by atoms with Crippen molar-refractivity contribution < 1.29 is 23.9 Å². The molecule has 3 aromatic rings. The Morgan fingerprint density at radius 2 is 1.68 bits per heavy atom. The number of amides is 3. The van der Waals surface area contributed by atoms with E-state index in [9.17, 15) is 14.4 Å². The monoisotopic (exact) mass is 566 g/mol. The third kappa shape index (κ3) is 5.81. The Morgan fingerprint density at radius 3 is 2.25 bits per heavy atom. The Bertz CT molecular complexity index is 1420. The molecule has 2 aromatic carbocycles. The van der Waals surface area contributed by atoms with E-state index in [2.05, 4.69) is 9.69 Å². The first-order valence-electron chi connectivity index (χ1n) is 12.8. The molecule has 2 heterocycles. The van der Waals surface area contributed by atoms with Gasteiger partial charge < -0.3 is 31.2 Å². The number of hydrogen-bond donors (Lipinski definition) is 3. The molecule has 0 saturated heterocycles. The number of anilines is 3. The van der Waals surface area contributed by atoms with Gasteiger partial charge in [-0.15, -0.1) is 0 Å². The molecule has 40 heavy (non-hydrogen) atoms. The molecule has 3 amide bonds. The molecule has 0 fully saturated rings. The summed E-state index contributed by atoms with van der Waals surface area (Å²) in [5.41, 5.74) is 12.6. The number of carbonyl (C=O) groups is 3. The van der Waals surface area contributed by atoms with Crippen molar-refractivity contribution in [2.45, 2.75) is 38.8 Å². The number of primary amides is 1. The van der Waals surface area contributed by atoms with Gasteiger partial charge in [0.1, 0.15) is 24.1 Å². The number of rotatable bonds is 9. The minimum Gasteiger partial charge on any atom is -0.486 e. The van der Waals surface area contributed by atoms with Crippen LogP contribution < -0.4 is 36.1 Å². The van der Waals surface area contributed by atoms with Gasteiger partial charge in [-0.3, -0.25) is 19.3 Å². The minimum atomic E-state index is -1.12. The lowest BCUT2D eigenvalue weighted by Crippen LogP contribution is -2.50. The maximum atomic E-state index is 14.3. The molecular weight excluding hydrogens is 532 g/mol. The van der Waals surface area contributed by atoms with E-state index < -0.39 is 29.3 Å². The Morgan fingerprint density at radius 1 is 1.05 bits per heavy atom. The summed E-state index contributed by atoms with van der Waals surface area (Å²) in [7, 11) is 3.83. The highest BCUT2D eigenvalue weighted by Crippen LogP contribution is 2.39. The fraction of sp³-hybridized carbons (Fsp3) is 0.357. The lowest BCUT2D eigenvalue weighted by atomic mass is 9.97. The quantitative estimate of drug-likeness (QED) is 0.356. The van der Waals surface area contributed by atoms with Crippen LogP contribution in [-0.2, 0) is 4.79 Å². The highest BCUT2D eigenvalue weighted by Gasteiger charge is 2.38. The molecule has 1 aromatic heterocycles. The molecule has 1 aliphatic heterocycles. The Balaban J connectivity index is 1.92. The number of nitrogens with zero attached hydrogens (tertiary/aromatic N) is 3. The van der Waals surface area contributed by atoms with Crippen molar-refractivity contribution in [3.63, 3.8) is 0 Å². The van der Waals surface area contributed by atoms with Crippen molar-refractivity contribution in [3.05, 3.63) is 58.6 Å². The average molecular weight is 567 g/mol. The van der Waals surface area contributed by atoms with E-state index in [0.29, 0.717) is 42.4 Å². The SMILES string of the molecule is CCC(C)(C)NC(=O)[C@@H](c1ccc(N(C)C)cc1)N(C(=O)c1snc(C(N)=O)c1N)c1ccc2c(c1)OCCO2. The molecule has 5 N–H and O–H groups in total. The summed E-state index contributed by atoms with van der Waals surface area (Å²) < 4.78 is 15.5. The zero-order chi connectivity index (χ0) is 29.2. The van der Waals surface area contributed by atoms with Crippen molar-refractivity contribution in [1.82, 2.24) is 9.69 Å². The standard InChI is InChI=1S/C28H34N6O5S/c1-6-28(2,3)31-26(36)23(16-7-9-17(10-8-16)33(4)5)34(18-11-12-19-20(15-18)39-14-13-38-19)27(37)24-21(29)22(25(30)35)32-40-24/h7-12,15,23H,6,13-14,29H2,1-5H3,(H2,30,35)(H,31,36)/t23-/m1/s1. The molecule has 0 bridgehead atoms. The maximum absolute atomic E-state index is 14.3. The fourth-order valence-electron chi connectivity index (χ4n) is 4.17. The third-order valence-electron chi connectivity index (χ3n) is 6.76. The maximum Gasteiger partial charge on any atom is 0.273 e. The first kappa shape index (κ1) is 28.7. The predicted octanol–water partition coefficient (Wildman–Crippen LogP) is 3.35. The van der Waals surface area contributed by atoms with Crippen molar-refractivity contribution in [2.75, 3.05) is 42.8 Å². The van der Waals surface area contributed by atoms with Gasteiger partial charge in [-0.05, 0) is 61.6 Å². The van der Waals surface area contributed by atoms with Crippen LogP contribution in [0.5, 0.6) is 11.5 Å². The van der Waals surface area contributed by atoms with Crippen LogP contribution in [0.2, 0.25) is 0 Å². The van der Waals surface area contributed by atoms with Gasteiger partial charge >= 0.3 is 0 Å². The molecule has 0 unspecified atom stereocenters. The van der Waals surface area contributed by atoms with E-state index in [4.69, 9.17) is 20.9 Å². The van der Waals surface area contributed by atoms with Crippen LogP contribution in [0.4, 0.5) is 17.1 Å². The summed E-state index contributed by atoms with van der Waals surface area (Å²) in [6.07, 6.45) is 0.659. The molecule has 0 radical (unpaired) electrons. The average Bonchev–Trinajstić information content (AvgIpc) is 3.32. The molecule has 1 aliphatic rings. The van der Waals surface area contributed by atoms with Crippen LogP contribution in [0, 0.1) is 0 Å². The van der Waals surface area contributed by atoms with Crippen LogP contribution in [0.25, 0.3) is 0 Å². The molecule has 4 rings (SSSR count). The van der Waals surface area contributed by atoms with Gasteiger partial charge in [0.2, 0.25) is 5.91 Å². The molecule has 12 heteroatoms. The first-order chi connectivity index (χ1) is 18.9. The summed E-state index contributed by atoms with van der Waals surface area (Å²) in [5.74, 6) is -0.903. The second kappa shape index (κ2) is 11.4. The number of nitrogen functional groups attached to an aromatic ring is 1. The van der Waals surface area contributed by atoms with E-state index in [1.54, 1.807) is 18.2 Å². The zero-order valence-electron chi connectivity index (χ0n) is 23.2. The number of nitrogens with two attached hydrogens (primary N) is 2. The van der Waals surface area contributed by atoms with Crippen LogP contribution in [0.1, 0.15) is 59.0 Å². The smallest absolute Gasteiger partial charge is 0.273 e. The van der Waals surface area contributed by atoms with Crippen molar-refractivity contribution >= 4 is 46.3 Å². The van der Waals surface area contributed by atoms with Gasteiger partial charge in [0, 0.05) is 37.1 Å². The van der Waals surface area contributed by atoms with Crippen molar-refractivity contribution in [2.24, 2.45) is 5.73 Å². The summed E-state index contributed by atoms with van der Waals surface area (Å²) in [6, 6.07) is 11.3. The Hall–Kier alpha value is -4.32. The summed E-state index contributed by atoms with van der Waals surface area (Å²) in [5, 5.41) is 3.08. The van der Waals surface area contributed by atoms with Gasteiger partial charge in [-0.25, -0.2) is 0 Å². The summed E-state index contributed by atoms with van der Waals surface area (Å²) in [4.78, 5) is 43.5. The molecule has 0 aliphatic carbocycles. The molecule has 212 valence electrons. The zero-order valence-corrected chi connectivity index (χ0v) is 24.0. The number of benzene rings is 2. The van der Waals surface area contributed by atoms with Gasteiger partial charge in [0.15, 0.2) is 17.2 Å². The molecule has 0 saturated carbocycles. The van der Waals surface area contributed by atoms with Gasteiger partial charge in [0.25, 0.3) is 11.8 Å². The summed E-state index contributed by atoms with van der Waals surface area (Å²) in [6.45, 7) is 6.53. The van der Waals surface area contributed by atoms with Gasteiger partial charge in [-0.2, -0.15) is 4.37 Å². The summed E-state index contributed by atoms with van der Waals surface area (Å²) >= 11 is 0.751. The van der Waals surface area contributed by atoms with Crippen LogP contribution in [-0.4, -0.2) is 54.9 Å². The number of ether oxygens (including phenoxy) is 2. The largest absolute Gasteiger partial charge is 0.486 e. The second-order valence-electron chi connectivity index (χ2n) is 10.3. The van der Waals surface area contributed by atoms with E-state index >= 15 is 0 Å². The van der Waals surface area contributed by atoms with Crippen molar-refractivity contribution in [3.8, 4) is 11.5 Å². The molecule has 11 nitrogen and oxygen atoms in total. The minimum absolute atomic E-state index is 0.0128. The lowest BCUT2D eigenvalue weighted by molar-refractivity contribution is -0.124. The number of fused-ring (bicyclic) bond motifs is 1. The Labute approximate surface area is 237 Å². The van der Waals surface area contributed by atoms with Crippen molar-refractivity contribution in [1.29, 1.82) is 0 Å². The number of hydrogen-bond acceptors (Lipinski definition) is 9. The number of aromatic nitrogens is 1. The highest BCUT2D eigenvalue weighted by atomic mass is 32.1. The van der Waals surface area contributed by atoms with E-state index in [0.717, 1.165) is 17.2 Å².